The van der Waals surface area contributed by atoms with Crippen molar-refractivity contribution in [3.8, 4) is 0 Å². The Hall–Kier alpha value is -0.650. The monoisotopic (exact) mass is 430 g/mol. The van der Waals surface area contributed by atoms with Crippen LogP contribution in [0.4, 0.5) is 0 Å². The van der Waals surface area contributed by atoms with Crippen molar-refractivity contribution in [3.05, 3.63) is 0 Å². The zero-order chi connectivity index (χ0) is 22.7. The minimum absolute atomic E-state index is 0.137. The molecule has 4 N–H and O–H groups in total. The topological polar surface area (TPSA) is 98.0 Å². The van der Waals surface area contributed by atoms with Crippen molar-refractivity contribution in [1.29, 1.82) is 0 Å². The third-order valence-electron chi connectivity index (χ3n) is 6.21. The molecule has 0 aliphatic carbocycles. The molecule has 2 atom stereocenters. The summed E-state index contributed by atoms with van der Waals surface area (Å²) in [6.07, 6.45) is 19.5. The number of unbranched alkanes of at least 4 members (excludes halogenated alkanes) is 15. The second-order valence-corrected chi connectivity index (χ2v) is 9.07. The molecule has 0 aromatic rings. The fraction of sp³-hybridized carbons (Fsp3) is 0.960. The van der Waals surface area contributed by atoms with Gasteiger partial charge in [-0.05, 0) is 12.8 Å². The Kier molecular flexibility index (Phi) is 18.7. The van der Waals surface area contributed by atoms with Crippen molar-refractivity contribution in [2.24, 2.45) is 5.92 Å². The molecule has 0 aliphatic rings. The SMILES string of the molecule is CCCCCCCCCCCCCCCCCCC(O)C(O)(O)C(CCC)C(=O)O. The summed E-state index contributed by atoms with van der Waals surface area (Å²) in [4.78, 5) is 11.2. The van der Waals surface area contributed by atoms with Gasteiger partial charge < -0.3 is 20.4 Å². The molecule has 0 aliphatic heterocycles. The van der Waals surface area contributed by atoms with E-state index in [4.69, 9.17) is 0 Å². The number of rotatable bonds is 22. The maximum absolute atomic E-state index is 11.2. The molecule has 30 heavy (non-hydrogen) atoms. The first-order valence-corrected chi connectivity index (χ1v) is 12.7. The summed E-state index contributed by atoms with van der Waals surface area (Å²) in [6.45, 7) is 4.04. The molecule has 0 saturated carbocycles. The van der Waals surface area contributed by atoms with Gasteiger partial charge in [0.05, 0.1) is 0 Å². The van der Waals surface area contributed by atoms with Gasteiger partial charge >= 0.3 is 5.97 Å². The average molecular weight is 431 g/mol. The van der Waals surface area contributed by atoms with Crippen LogP contribution >= 0.6 is 0 Å². The van der Waals surface area contributed by atoms with Crippen molar-refractivity contribution >= 4 is 5.97 Å². The number of carbonyl (C=O) groups is 1. The normalized spacial score (nSPS) is 14.0. The molecule has 0 saturated heterocycles. The van der Waals surface area contributed by atoms with Gasteiger partial charge in [0, 0.05) is 0 Å². The fourth-order valence-corrected chi connectivity index (χ4v) is 4.14. The lowest BCUT2D eigenvalue weighted by molar-refractivity contribution is -0.259. The molecule has 2 unspecified atom stereocenters. The molecule has 0 spiro atoms. The molecule has 5 nitrogen and oxygen atoms in total. The van der Waals surface area contributed by atoms with Gasteiger partial charge in [-0.2, -0.15) is 0 Å². The van der Waals surface area contributed by atoms with E-state index in [1.807, 2.05) is 0 Å². The van der Waals surface area contributed by atoms with Crippen molar-refractivity contribution in [1.82, 2.24) is 0 Å². The lowest BCUT2D eigenvalue weighted by Gasteiger charge is -2.32. The van der Waals surface area contributed by atoms with Gasteiger partial charge in [-0.15, -0.1) is 0 Å². The molecule has 0 aromatic carbocycles. The molecule has 0 radical (unpaired) electrons. The number of aliphatic hydroxyl groups excluding tert-OH is 1. The van der Waals surface area contributed by atoms with E-state index in [1.54, 1.807) is 6.92 Å². The van der Waals surface area contributed by atoms with Crippen LogP contribution in [0.15, 0.2) is 0 Å². The van der Waals surface area contributed by atoms with Crippen molar-refractivity contribution in [2.75, 3.05) is 0 Å². The molecule has 0 bridgehead atoms. The Bertz CT molecular complexity index is 397. The van der Waals surface area contributed by atoms with Gasteiger partial charge in [-0.3, -0.25) is 4.79 Å². The van der Waals surface area contributed by atoms with Crippen LogP contribution in [0.3, 0.4) is 0 Å². The zero-order valence-corrected chi connectivity index (χ0v) is 19.8. The summed E-state index contributed by atoms with van der Waals surface area (Å²) in [7, 11) is 0. The summed E-state index contributed by atoms with van der Waals surface area (Å²) >= 11 is 0. The van der Waals surface area contributed by atoms with Crippen molar-refractivity contribution in [3.63, 3.8) is 0 Å². The molecule has 5 heteroatoms. The first kappa shape index (κ1) is 29.4. The number of aliphatic carboxylic acids is 1. The smallest absolute Gasteiger partial charge is 0.312 e. The van der Waals surface area contributed by atoms with E-state index < -0.39 is 23.8 Å². The van der Waals surface area contributed by atoms with Gasteiger partial charge in [-0.1, -0.05) is 123 Å². The van der Waals surface area contributed by atoms with Crippen LogP contribution in [0.25, 0.3) is 0 Å². The van der Waals surface area contributed by atoms with E-state index >= 15 is 0 Å². The Labute approximate surface area is 185 Å². The summed E-state index contributed by atoms with van der Waals surface area (Å²) in [5.74, 6) is -5.18. The van der Waals surface area contributed by atoms with Crippen LogP contribution in [-0.2, 0) is 4.79 Å². The second-order valence-electron chi connectivity index (χ2n) is 9.07. The van der Waals surface area contributed by atoms with Crippen LogP contribution in [0, 0.1) is 5.92 Å². The van der Waals surface area contributed by atoms with E-state index in [9.17, 15) is 25.2 Å². The van der Waals surface area contributed by atoms with Crippen molar-refractivity contribution < 1.29 is 25.2 Å². The van der Waals surface area contributed by atoms with Gasteiger partial charge in [0.25, 0.3) is 0 Å². The Morgan fingerprint density at radius 1 is 0.633 bits per heavy atom. The van der Waals surface area contributed by atoms with E-state index in [0.29, 0.717) is 12.8 Å². The third-order valence-corrected chi connectivity index (χ3v) is 6.21. The highest BCUT2D eigenvalue weighted by Gasteiger charge is 2.44. The highest BCUT2D eigenvalue weighted by atomic mass is 16.5. The molecule has 0 heterocycles. The minimum atomic E-state index is -2.56. The maximum atomic E-state index is 11.2. The van der Waals surface area contributed by atoms with Crippen LogP contribution in [0.1, 0.15) is 136 Å². The average Bonchev–Trinajstić information content (AvgIpc) is 2.71. The van der Waals surface area contributed by atoms with Gasteiger partial charge in [0.1, 0.15) is 12.0 Å². The number of hydrogen-bond donors (Lipinski definition) is 4. The first-order chi connectivity index (χ1) is 14.4. The summed E-state index contributed by atoms with van der Waals surface area (Å²) in [5.41, 5.74) is 0. The quantitative estimate of drug-likeness (QED) is 0.121. The highest BCUT2D eigenvalue weighted by molar-refractivity contribution is 5.71. The number of aliphatic hydroxyl groups is 3. The molecule has 0 amide bonds. The summed E-state index contributed by atoms with van der Waals surface area (Å²) in [6, 6.07) is 0. The fourth-order valence-electron chi connectivity index (χ4n) is 4.14. The largest absolute Gasteiger partial charge is 0.481 e. The van der Waals surface area contributed by atoms with Crippen LogP contribution < -0.4 is 0 Å². The lowest BCUT2D eigenvalue weighted by Crippen LogP contribution is -2.51. The molecule has 0 rings (SSSR count). The lowest BCUT2D eigenvalue weighted by atomic mass is 9.87. The number of carboxylic acid groups (broad SMARTS) is 1. The number of hydrogen-bond acceptors (Lipinski definition) is 4. The molecule has 0 aromatic heterocycles. The summed E-state index contributed by atoms with van der Waals surface area (Å²) in [5, 5.41) is 39.4. The zero-order valence-electron chi connectivity index (χ0n) is 19.8. The van der Waals surface area contributed by atoms with Gasteiger partial charge in [0.15, 0.2) is 0 Å². The van der Waals surface area contributed by atoms with E-state index in [0.717, 1.165) is 12.8 Å². The third kappa shape index (κ3) is 14.4. The molecule has 0 fully saturated rings. The van der Waals surface area contributed by atoms with Gasteiger partial charge in [0.2, 0.25) is 5.79 Å². The van der Waals surface area contributed by atoms with Gasteiger partial charge in [-0.25, -0.2) is 0 Å². The van der Waals surface area contributed by atoms with Crippen LogP contribution in [0.2, 0.25) is 0 Å². The maximum Gasteiger partial charge on any atom is 0.312 e. The van der Waals surface area contributed by atoms with E-state index in [-0.39, 0.29) is 12.8 Å². The van der Waals surface area contributed by atoms with Crippen LogP contribution in [0.5, 0.6) is 0 Å². The van der Waals surface area contributed by atoms with Crippen LogP contribution in [-0.4, -0.2) is 38.3 Å². The predicted octanol–water partition coefficient (Wildman–Crippen LogP) is 6.18. The summed E-state index contributed by atoms with van der Waals surface area (Å²) < 4.78 is 0. The molecule has 180 valence electrons. The van der Waals surface area contributed by atoms with E-state index in [2.05, 4.69) is 6.92 Å². The standard InChI is InChI=1S/C25H50O5/c1-3-5-6-7-8-9-10-11-12-13-14-15-16-17-18-19-21-23(26)25(29,30)22(20-4-2)24(27)28/h22-23,26,29-30H,3-21H2,1-2H3,(H,27,28). The predicted molar refractivity (Wildman–Crippen MR) is 123 cm³/mol. The minimum Gasteiger partial charge on any atom is -0.481 e. The Balaban J connectivity index is 3.57. The molecular formula is C25H50O5. The second kappa shape index (κ2) is 19.1. The first-order valence-electron chi connectivity index (χ1n) is 12.7. The Morgan fingerprint density at radius 2 is 1.00 bits per heavy atom. The molecular weight excluding hydrogens is 380 g/mol. The highest BCUT2D eigenvalue weighted by Crippen LogP contribution is 2.27. The number of carboxylic acids is 1. The Morgan fingerprint density at radius 3 is 1.33 bits per heavy atom. The van der Waals surface area contributed by atoms with Crippen molar-refractivity contribution in [2.45, 2.75) is 148 Å². The van der Waals surface area contributed by atoms with E-state index in [1.165, 1.54) is 83.5 Å².